The lowest BCUT2D eigenvalue weighted by Crippen LogP contribution is -2.33. The molecule has 7 heteroatoms. The number of nitrogen functional groups attached to an aromatic ring is 1. The van der Waals surface area contributed by atoms with Gasteiger partial charge in [0.2, 0.25) is 0 Å². The molecule has 1 aromatic heterocycles. The molecule has 1 unspecified atom stereocenters. The van der Waals surface area contributed by atoms with E-state index in [4.69, 9.17) is 15.9 Å². The summed E-state index contributed by atoms with van der Waals surface area (Å²) in [5, 5.41) is 18.1. The first kappa shape index (κ1) is 12.0. The SMILES string of the molecule is Nc1ccn(CC2(F)CC2(CO)CO)c(=O)n1. The van der Waals surface area contributed by atoms with Crippen LogP contribution in [0.1, 0.15) is 6.42 Å². The molecular weight excluding hydrogens is 229 g/mol. The molecule has 0 spiro atoms. The molecule has 1 aromatic rings. The van der Waals surface area contributed by atoms with E-state index in [1.54, 1.807) is 0 Å². The summed E-state index contributed by atoms with van der Waals surface area (Å²) in [6.45, 7) is -1.13. The topological polar surface area (TPSA) is 101 Å². The lowest BCUT2D eigenvalue weighted by Gasteiger charge is -2.16. The van der Waals surface area contributed by atoms with E-state index in [0.717, 1.165) is 4.57 Å². The fraction of sp³-hybridized carbons (Fsp3) is 0.600. The van der Waals surface area contributed by atoms with Crippen molar-refractivity contribution in [1.82, 2.24) is 9.55 Å². The van der Waals surface area contributed by atoms with Gasteiger partial charge in [0.1, 0.15) is 11.5 Å². The molecule has 0 bridgehead atoms. The molecule has 6 nitrogen and oxygen atoms in total. The second-order valence-corrected chi connectivity index (χ2v) is 4.50. The van der Waals surface area contributed by atoms with Crippen molar-refractivity contribution in [3.63, 3.8) is 0 Å². The number of rotatable bonds is 4. The summed E-state index contributed by atoms with van der Waals surface area (Å²) in [5.74, 6) is 0.0746. The summed E-state index contributed by atoms with van der Waals surface area (Å²) in [7, 11) is 0. The highest BCUT2D eigenvalue weighted by Gasteiger charge is 2.68. The molecule has 1 saturated carbocycles. The number of hydrogen-bond acceptors (Lipinski definition) is 5. The summed E-state index contributed by atoms with van der Waals surface area (Å²) in [6.07, 6.45) is 1.38. The molecule has 0 saturated heterocycles. The number of nitrogens with zero attached hydrogens (tertiary/aromatic N) is 2. The molecule has 2 rings (SSSR count). The van der Waals surface area contributed by atoms with Gasteiger partial charge in [-0.05, 0) is 12.5 Å². The predicted molar refractivity (Wildman–Crippen MR) is 58.0 cm³/mol. The van der Waals surface area contributed by atoms with Gasteiger partial charge in [-0.3, -0.25) is 4.57 Å². The van der Waals surface area contributed by atoms with Crippen LogP contribution in [-0.2, 0) is 6.54 Å². The Bertz CT molecular complexity index is 486. The molecular formula is C10H14FN3O3. The molecule has 0 amide bonds. The van der Waals surface area contributed by atoms with E-state index in [1.165, 1.54) is 12.3 Å². The van der Waals surface area contributed by atoms with E-state index in [9.17, 15) is 9.18 Å². The molecule has 1 aliphatic carbocycles. The zero-order chi connectivity index (χ0) is 12.7. The van der Waals surface area contributed by atoms with Crippen LogP contribution in [0.5, 0.6) is 0 Å². The van der Waals surface area contributed by atoms with Crippen molar-refractivity contribution >= 4 is 5.82 Å². The lowest BCUT2D eigenvalue weighted by molar-refractivity contribution is 0.0722. The predicted octanol–water partition coefficient (Wildman–Crippen LogP) is -1.09. The summed E-state index contributed by atoms with van der Waals surface area (Å²) in [5.41, 5.74) is 1.76. The van der Waals surface area contributed by atoms with Crippen molar-refractivity contribution in [2.24, 2.45) is 5.41 Å². The highest BCUT2D eigenvalue weighted by atomic mass is 19.1. The quantitative estimate of drug-likeness (QED) is 0.623. The molecule has 0 aromatic carbocycles. The fourth-order valence-electron chi connectivity index (χ4n) is 1.99. The Morgan fingerprint density at radius 1 is 1.53 bits per heavy atom. The minimum absolute atomic E-state index is 0.0316. The first-order valence-electron chi connectivity index (χ1n) is 5.20. The first-order chi connectivity index (χ1) is 7.96. The van der Waals surface area contributed by atoms with E-state index in [1.807, 2.05) is 0 Å². The van der Waals surface area contributed by atoms with E-state index in [2.05, 4.69) is 4.98 Å². The third-order valence-electron chi connectivity index (χ3n) is 3.37. The van der Waals surface area contributed by atoms with Crippen LogP contribution >= 0.6 is 0 Å². The van der Waals surface area contributed by atoms with Gasteiger partial charge in [-0.15, -0.1) is 0 Å². The van der Waals surface area contributed by atoms with Crippen LogP contribution in [0, 0.1) is 5.41 Å². The van der Waals surface area contributed by atoms with Crippen molar-refractivity contribution in [2.45, 2.75) is 18.6 Å². The highest BCUT2D eigenvalue weighted by Crippen LogP contribution is 2.59. The highest BCUT2D eigenvalue weighted by molar-refractivity contribution is 5.24. The molecule has 1 fully saturated rings. The van der Waals surface area contributed by atoms with Crippen molar-refractivity contribution in [3.8, 4) is 0 Å². The van der Waals surface area contributed by atoms with E-state index in [0.29, 0.717) is 0 Å². The number of aromatic nitrogens is 2. The standard InChI is InChI=1S/C10H14FN3O3/c11-10(3-9(10,5-15)6-16)4-14-2-1-7(12)13-8(14)17/h1-2,15-16H,3-6H2,(H2,12,13,17). The normalized spacial score (nSPS) is 25.8. The van der Waals surface area contributed by atoms with Gasteiger partial charge < -0.3 is 15.9 Å². The summed E-state index contributed by atoms with van der Waals surface area (Å²) < 4.78 is 15.3. The molecule has 4 N–H and O–H groups in total. The smallest absolute Gasteiger partial charge is 0.349 e. The number of hydrogen-bond donors (Lipinski definition) is 3. The minimum atomic E-state index is -1.77. The molecule has 1 aliphatic rings. The van der Waals surface area contributed by atoms with E-state index in [-0.39, 0.29) is 18.8 Å². The Balaban J connectivity index is 2.21. The number of anilines is 1. The van der Waals surface area contributed by atoms with Gasteiger partial charge in [-0.1, -0.05) is 0 Å². The second-order valence-electron chi connectivity index (χ2n) is 4.50. The number of nitrogens with two attached hydrogens (primary N) is 1. The maximum atomic E-state index is 14.2. The lowest BCUT2D eigenvalue weighted by atomic mass is 10.1. The van der Waals surface area contributed by atoms with Crippen LogP contribution in [0.15, 0.2) is 17.1 Å². The number of alkyl halides is 1. The average molecular weight is 243 g/mol. The Morgan fingerprint density at radius 2 is 2.18 bits per heavy atom. The van der Waals surface area contributed by atoms with Gasteiger partial charge in [0.05, 0.1) is 25.2 Å². The van der Waals surface area contributed by atoms with Gasteiger partial charge in [0.15, 0.2) is 0 Å². The van der Waals surface area contributed by atoms with Crippen molar-refractivity contribution < 1.29 is 14.6 Å². The summed E-state index contributed by atoms with van der Waals surface area (Å²) >= 11 is 0. The Morgan fingerprint density at radius 3 is 2.65 bits per heavy atom. The van der Waals surface area contributed by atoms with Crippen LogP contribution in [-0.4, -0.2) is 38.6 Å². The van der Waals surface area contributed by atoms with E-state index >= 15 is 0 Å². The van der Waals surface area contributed by atoms with Gasteiger partial charge in [0.25, 0.3) is 0 Å². The van der Waals surface area contributed by atoms with Crippen LogP contribution in [0.4, 0.5) is 10.2 Å². The van der Waals surface area contributed by atoms with Gasteiger partial charge >= 0.3 is 5.69 Å². The van der Waals surface area contributed by atoms with Gasteiger partial charge in [-0.25, -0.2) is 9.18 Å². The summed E-state index contributed by atoms with van der Waals surface area (Å²) in [6, 6.07) is 1.40. The van der Waals surface area contributed by atoms with Gasteiger partial charge in [-0.2, -0.15) is 4.98 Å². The van der Waals surface area contributed by atoms with Crippen LogP contribution in [0.25, 0.3) is 0 Å². The Kier molecular flexibility index (Phi) is 2.67. The molecule has 1 atom stereocenters. The van der Waals surface area contributed by atoms with Crippen molar-refractivity contribution in [3.05, 3.63) is 22.7 Å². The molecule has 94 valence electrons. The Hall–Kier alpha value is -1.47. The molecule has 0 aliphatic heterocycles. The molecule has 17 heavy (non-hydrogen) atoms. The number of aliphatic hydroxyl groups is 2. The number of aliphatic hydroxyl groups excluding tert-OH is 2. The van der Waals surface area contributed by atoms with Crippen LogP contribution in [0.3, 0.4) is 0 Å². The number of halogens is 1. The van der Waals surface area contributed by atoms with Gasteiger partial charge in [0, 0.05) is 6.20 Å². The minimum Gasteiger partial charge on any atom is -0.396 e. The van der Waals surface area contributed by atoms with Crippen LogP contribution < -0.4 is 11.4 Å². The maximum Gasteiger partial charge on any atom is 0.349 e. The molecule has 1 heterocycles. The van der Waals surface area contributed by atoms with Crippen molar-refractivity contribution in [2.75, 3.05) is 18.9 Å². The summed E-state index contributed by atoms with van der Waals surface area (Å²) in [4.78, 5) is 14.9. The third kappa shape index (κ3) is 1.81. The zero-order valence-corrected chi connectivity index (χ0v) is 9.14. The second kappa shape index (κ2) is 3.78. The Labute approximate surface area is 96.5 Å². The van der Waals surface area contributed by atoms with E-state index < -0.39 is 30.0 Å². The van der Waals surface area contributed by atoms with Crippen molar-refractivity contribution in [1.29, 1.82) is 0 Å². The molecule has 0 radical (unpaired) electrons. The largest absolute Gasteiger partial charge is 0.396 e. The first-order valence-corrected chi connectivity index (χ1v) is 5.20. The zero-order valence-electron chi connectivity index (χ0n) is 9.14. The average Bonchev–Trinajstić information content (AvgIpc) is 2.89. The maximum absolute atomic E-state index is 14.2. The third-order valence-corrected chi connectivity index (χ3v) is 3.37. The fourth-order valence-corrected chi connectivity index (χ4v) is 1.99. The van der Waals surface area contributed by atoms with Crippen LogP contribution in [0.2, 0.25) is 0 Å². The monoisotopic (exact) mass is 243 g/mol.